The SMILES string of the molecule is COCCNC(=O)C(C)Oc1ccc(Cl)cc1C=O. The van der Waals surface area contributed by atoms with E-state index in [9.17, 15) is 9.59 Å². The lowest BCUT2D eigenvalue weighted by molar-refractivity contribution is -0.127. The average Bonchev–Trinajstić information content (AvgIpc) is 2.40. The molecule has 0 bridgehead atoms. The molecule has 104 valence electrons. The van der Waals surface area contributed by atoms with E-state index in [0.717, 1.165) is 0 Å². The second kappa shape index (κ2) is 7.76. The Morgan fingerprint density at radius 1 is 1.53 bits per heavy atom. The molecule has 1 unspecified atom stereocenters. The maximum atomic E-state index is 11.7. The molecule has 0 spiro atoms. The second-order valence-corrected chi connectivity index (χ2v) is 4.28. The summed E-state index contributed by atoms with van der Waals surface area (Å²) in [6.45, 7) is 2.44. The molecule has 0 saturated carbocycles. The van der Waals surface area contributed by atoms with Crippen molar-refractivity contribution in [2.75, 3.05) is 20.3 Å². The average molecular weight is 286 g/mol. The van der Waals surface area contributed by atoms with Gasteiger partial charge in [0.15, 0.2) is 12.4 Å². The molecule has 1 N–H and O–H groups in total. The fourth-order valence-electron chi connectivity index (χ4n) is 1.38. The third kappa shape index (κ3) is 4.89. The van der Waals surface area contributed by atoms with E-state index in [1.807, 2.05) is 0 Å². The molecule has 1 atom stereocenters. The smallest absolute Gasteiger partial charge is 0.260 e. The van der Waals surface area contributed by atoms with Crippen LogP contribution in [0.25, 0.3) is 0 Å². The molecule has 1 aromatic rings. The van der Waals surface area contributed by atoms with E-state index in [0.29, 0.717) is 35.8 Å². The van der Waals surface area contributed by atoms with Crippen LogP contribution in [-0.2, 0) is 9.53 Å². The van der Waals surface area contributed by atoms with Crippen molar-refractivity contribution in [3.8, 4) is 5.75 Å². The van der Waals surface area contributed by atoms with Crippen molar-refractivity contribution >= 4 is 23.8 Å². The van der Waals surface area contributed by atoms with E-state index in [-0.39, 0.29) is 5.91 Å². The Bertz CT molecular complexity index is 450. The monoisotopic (exact) mass is 285 g/mol. The van der Waals surface area contributed by atoms with Crippen LogP contribution in [0, 0.1) is 0 Å². The first kappa shape index (κ1) is 15.5. The Balaban J connectivity index is 2.63. The lowest BCUT2D eigenvalue weighted by Gasteiger charge is -2.15. The summed E-state index contributed by atoms with van der Waals surface area (Å²) in [7, 11) is 1.55. The number of ether oxygens (including phenoxy) is 2. The summed E-state index contributed by atoms with van der Waals surface area (Å²) in [5, 5.41) is 3.09. The quantitative estimate of drug-likeness (QED) is 0.611. The van der Waals surface area contributed by atoms with Crippen molar-refractivity contribution in [1.82, 2.24) is 5.32 Å². The molecular formula is C13H16ClNO4. The Kier molecular flexibility index (Phi) is 6.32. The fraction of sp³-hybridized carbons (Fsp3) is 0.385. The number of amides is 1. The molecular weight excluding hydrogens is 270 g/mol. The van der Waals surface area contributed by atoms with Crippen LogP contribution in [0.4, 0.5) is 0 Å². The van der Waals surface area contributed by atoms with Gasteiger partial charge in [-0.05, 0) is 25.1 Å². The van der Waals surface area contributed by atoms with Crippen LogP contribution in [0.3, 0.4) is 0 Å². The third-order valence-electron chi connectivity index (χ3n) is 2.38. The lowest BCUT2D eigenvalue weighted by Crippen LogP contribution is -2.38. The fourth-order valence-corrected chi connectivity index (χ4v) is 1.56. The zero-order valence-electron chi connectivity index (χ0n) is 10.8. The molecule has 1 aromatic carbocycles. The van der Waals surface area contributed by atoms with Gasteiger partial charge in [0.05, 0.1) is 12.2 Å². The Morgan fingerprint density at radius 3 is 2.89 bits per heavy atom. The molecule has 0 aliphatic rings. The number of halogens is 1. The van der Waals surface area contributed by atoms with Gasteiger partial charge in [-0.2, -0.15) is 0 Å². The molecule has 19 heavy (non-hydrogen) atoms. The summed E-state index contributed by atoms with van der Waals surface area (Å²) < 4.78 is 10.3. The molecule has 0 aliphatic carbocycles. The lowest BCUT2D eigenvalue weighted by atomic mass is 10.2. The van der Waals surface area contributed by atoms with Crippen molar-refractivity contribution in [3.63, 3.8) is 0 Å². The summed E-state index contributed by atoms with van der Waals surface area (Å²) in [6.07, 6.45) is -0.0757. The molecule has 1 amide bonds. The van der Waals surface area contributed by atoms with Crippen LogP contribution in [0.15, 0.2) is 18.2 Å². The van der Waals surface area contributed by atoms with Crippen molar-refractivity contribution in [2.24, 2.45) is 0 Å². The van der Waals surface area contributed by atoms with Gasteiger partial charge in [0.1, 0.15) is 5.75 Å². The van der Waals surface area contributed by atoms with Gasteiger partial charge < -0.3 is 14.8 Å². The molecule has 0 heterocycles. The number of carbonyl (C=O) groups excluding carboxylic acids is 2. The Hall–Kier alpha value is -1.59. The van der Waals surface area contributed by atoms with E-state index in [1.54, 1.807) is 26.2 Å². The molecule has 0 aromatic heterocycles. The zero-order chi connectivity index (χ0) is 14.3. The number of nitrogens with one attached hydrogen (secondary N) is 1. The zero-order valence-corrected chi connectivity index (χ0v) is 11.6. The Labute approximate surface area is 116 Å². The summed E-state index contributed by atoms with van der Waals surface area (Å²) in [6, 6.07) is 4.64. The van der Waals surface area contributed by atoms with Crippen LogP contribution in [0.2, 0.25) is 5.02 Å². The van der Waals surface area contributed by atoms with Gasteiger partial charge in [-0.3, -0.25) is 9.59 Å². The predicted molar refractivity (Wildman–Crippen MR) is 71.8 cm³/mol. The minimum atomic E-state index is -0.711. The number of carbonyl (C=O) groups is 2. The summed E-state index contributed by atoms with van der Waals surface area (Å²) in [5.41, 5.74) is 0.309. The number of hydrogen-bond acceptors (Lipinski definition) is 4. The van der Waals surface area contributed by atoms with E-state index < -0.39 is 6.10 Å². The van der Waals surface area contributed by atoms with Crippen LogP contribution in [-0.4, -0.2) is 38.6 Å². The maximum Gasteiger partial charge on any atom is 0.260 e. The van der Waals surface area contributed by atoms with Gasteiger partial charge in [0.2, 0.25) is 0 Å². The maximum absolute atomic E-state index is 11.7. The highest BCUT2D eigenvalue weighted by atomic mass is 35.5. The highest BCUT2D eigenvalue weighted by Crippen LogP contribution is 2.22. The van der Waals surface area contributed by atoms with Crippen LogP contribution < -0.4 is 10.1 Å². The first-order valence-corrected chi connectivity index (χ1v) is 6.14. The summed E-state index contributed by atoms with van der Waals surface area (Å²) in [5.74, 6) is 0.0534. The van der Waals surface area contributed by atoms with Crippen LogP contribution in [0.1, 0.15) is 17.3 Å². The minimum Gasteiger partial charge on any atom is -0.480 e. The largest absolute Gasteiger partial charge is 0.480 e. The van der Waals surface area contributed by atoms with Gasteiger partial charge in [0.25, 0.3) is 5.91 Å². The molecule has 0 saturated heterocycles. The summed E-state index contributed by atoms with van der Waals surface area (Å²) >= 11 is 5.77. The standard InChI is InChI=1S/C13H16ClNO4/c1-9(13(17)15-5-6-18-2)19-12-4-3-11(14)7-10(12)8-16/h3-4,7-9H,5-6H2,1-2H3,(H,15,17). The van der Waals surface area contributed by atoms with Crippen LogP contribution >= 0.6 is 11.6 Å². The number of rotatable bonds is 7. The van der Waals surface area contributed by atoms with Crippen molar-refractivity contribution < 1.29 is 19.1 Å². The first-order valence-electron chi connectivity index (χ1n) is 5.76. The molecule has 0 radical (unpaired) electrons. The van der Waals surface area contributed by atoms with E-state index >= 15 is 0 Å². The van der Waals surface area contributed by atoms with Crippen molar-refractivity contribution in [2.45, 2.75) is 13.0 Å². The predicted octanol–water partition coefficient (Wildman–Crippen LogP) is 1.68. The highest BCUT2D eigenvalue weighted by molar-refractivity contribution is 6.30. The van der Waals surface area contributed by atoms with Crippen molar-refractivity contribution in [1.29, 1.82) is 0 Å². The Morgan fingerprint density at radius 2 is 2.26 bits per heavy atom. The molecule has 0 aliphatic heterocycles. The highest BCUT2D eigenvalue weighted by Gasteiger charge is 2.15. The topological polar surface area (TPSA) is 64.6 Å². The normalized spacial score (nSPS) is 11.7. The number of benzene rings is 1. The summed E-state index contributed by atoms with van der Waals surface area (Å²) in [4.78, 5) is 22.6. The van der Waals surface area contributed by atoms with E-state index in [2.05, 4.69) is 5.32 Å². The number of methoxy groups -OCH3 is 1. The third-order valence-corrected chi connectivity index (χ3v) is 2.61. The number of hydrogen-bond donors (Lipinski definition) is 1. The van der Waals surface area contributed by atoms with E-state index in [4.69, 9.17) is 21.1 Å². The first-order chi connectivity index (χ1) is 9.08. The molecule has 5 nitrogen and oxygen atoms in total. The van der Waals surface area contributed by atoms with Crippen molar-refractivity contribution in [3.05, 3.63) is 28.8 Å². The van der Waals surface area contributed by atoms with Gasteiger partial charge in [-0.15, -0.1) is 0 Å². The van der Waals surface area contributed by atoms with Gasteiger partial charge in [-0.1, -0.05) is 11.6 Å². The van der Waals surface area contributed by atoms with Gasteiger partial charge in [0, 0.05) is 18.7 Å². The molecule has 6 heteroatoms. The van der Waals surface area contributed by atoms with Gasteiger partial charge >= 0.3 is 0 Å². The molecule has 0 fully saturated rings. The van der Waals surface area contributed by atoms with Crippen LogP contribution in [0.5, 0.6) is 5.75 Å². The minimum absolute atomic E-state index is 0.274. The van der Waals surface area contributed by atoms with Gasteiger partial charge in [-0.25, -0.2) is 0 Å². The molecule has 1 rings (SSSR count). The van der Waals surface area contributed by atoms with E-state index in [1.165, 1.54) is 6.07 Å². The number of aldehydes is 1. The second-order valence-electron chi connectivity index (χ2n) is 3.84.